The Hall–Kier alpha value is -4.62. The molecule has 0 radical (unpaired) electrons. The van der Waals surface area contributed by atoms with Crippen LogP contribution < -0.4 is 4.90 Å². The summed E-state index contributed by atoms with van der Waals surface area (Å²) < 4.78 is 69.1. The van der Waals surface area contributed by atoms with Crippen molar-refractivity contribution in [1.82, 2.24) is 0 Å². The number of carboxylic acids is 1. The Morgan fingerprint density at radius 3 is 2.22 bits per heavy atom. The minimum absolute atomic E-state index is 0.202. The van der Waals surface area contributed by atoms with Crippen LogP contribution in [0.2, 0.25) is 0 Å². The Bertz CT molecular complexity index is 2470. The number of nitrogens with zero attached hydrogens (tertiary/aromatic N) is 2. The Kier molecular flexibility index (Phi) is 12.5. The minimum atomic E-state index is -4.47. The molecule has 0 bridgehead atoms. The second kappa shape index (κ2) is 16.9. The molecular formula is C46H55N2O8S2+. The normalized spacial score (nSPS) is 19.1. The molecule has 3 aliphatic rings. The lowest BCUT2D eigenvalue weighted by Gasteiger charge is -2.28. The SMILES string of the molecule is CCCCC[N+]1=C(/C=C/C2=C(c3ccc(C(=O)O)cc3)C(=C/C=C3/N(CCCCS(=O)(=O)O)c4ccc(S(=O)(=O)O)cc4C3(C)C)/CCC2)C(C)(C)c2ccccc21. The van der Waals surface area contributed by atoms with E-state index in [1.165, 1.54) is 29.1 Å². The maximum Gasteiger partial charge on any atom is 0.335 e. The van der Waals surface area contributed by atoms with Crippen molar-refractivity contribution in [3.05, 3.63) is 130 Å². The number of anilines is 1. The van der Waals surface area contributed by atoms with Gasteiger partial charge in [0.25, 0.3) is 20.2 Å². The van der Waals surface area contributed by atoms with Gasteiger partial charge in [-0.3, -0.25) is 9.11 Å². The first kappa shape index (κ1) is 43.0. The van der Waals surface area contributed by atoms with Crippen molar-refractivity contribution in [3.63, 3.8) is 0 Å². The molecule has 58 heavy (non-hydrogen) atoms. The maximum atomic E-state index is 12.2. The number of carboxylic acid groups (broad SMARTS) is 1. The van der Waals surface area contributed by atoms with Gasteiger partial charge in [0, 0.05) is 47.5 Å². The van der Waals surface area contributed by atoms with E-state index in [9.17, 15) is 35.8 Å². The molecule has 0 spiro atoms. The summed E-state index contributed by atoms with van der Waals surface area (Å²) in [7, 11) is -8.60. The van der Waals surface area contributed by atoms with Crippen LogP contribution in [0.15, 0.2) is 113 Å². The van der Waals surface area contributed by atoms with Gasteiger partial charge in [-0.1, -0.05) is 69.7 Å². The van der Waals surface area contributed by atoms with Crippen LogP contribution in [-0.4, -0.2) is 66.1 Å². The van der Waals surface area contributed by atoms with E-state index in [0.29, 0.717) is 18.5 Å². The van der Waals surface area contributed by atoms with E-state index in [-0.39, 0.29) is 28.0 Å². The van der Waals surface area contributed by atoms with Crippen molar-refractivity contribution in [2.75, 3.05) is 23.7 Å². The third-order valence-electron chi connectivity index (χ3n) is 11.8. The zero-order valence-electron chi connectivity index (χ0n) is 34.0. The molecule has 0 atom stereocenters. The summed E-state index contributed by atoms with van der Waals surface area (Å²) in [5, 5.41) is 9.71. The summed E-state index contributed by atoms with van der Waals surface area (Å²) in [6.07, 6.45) is 15.2. The van der Waals surface area contributed by atoms with E-state index in [0.717, 1.165) is 78.7 Å². The molecule has 12 heteroatoms. The zero-order chi connectivity index (χ0) is 42.0. The highest BCUT2D eigenvalue weighted by Crippen LogP contribution is 2.49. The molecule has 10 nitrogen and oxygen atoms in total. The fraction of sp³-hybridized carbons (Fsp3) is 0.391. The molecule has 6 rings (SSSR count). The van der Waals surface area contributed by atoms with Crippen LogP contribution in [0.3, 0.4) is 0 Å². The number of unbranched alkanes of at least 4 members (excludes halogenated alkanes) is 3. The number of hydrogen-bond donors (Lipinski definition) is 3. The average molecular weight is 828 g/mol. The van der Waals surface area contributed by atoms with E-state index in [2.05, 4.69) is 72.7 Å². The molecule has 308 valence electrons. The van der Waals surface area contributed by atoms with Crippen LogP contribution in [0.25, 0.3) is 5.57 Å². The van der Waals surface area contributed by atoms with Gasteiger partial charge in [-0.25, -0.2) is 4.79 Å². The summed E-state index contributed by atoms with van der Waals surface area (Å²) >= 11 is 0. The van der Waals surface area contributed by atoms with Gasteiger partial charge in [0.1, 0.15) is 6.54 Å². The third-order valence-corrected chi connectivity index (χ3v) is 13.5. The molecule has 0 fully saturated rings. The van der Waals surface area contributed by atoms with Crippen molar-refractivity contribution in [3.8, 4) is 0 Å². The molecule has 2 aliphatic heterocycles. The van der Waals surface area contributed by atoms with Crippen molar-refractivity contribution in [1.29, 1.82) is 0 Å². The monoisotopic (exact) mass is 827 g/mol. The van der Waals surface area contributed by atoms with Crippen LogP contribution in [0.4, 0.5) is 11.4 Å². The van der Waals surface area contributed by atoms with Gasteiger partial charge in [0.05, 0.1) is 21.6 Å². The van der Waals surface area contributed by atoms with Gasteiger partial charge in [-0.05, 0) is 117 Å². The highest BCUT2D eigenvalue weighted by molar-refractivity contribution is 7.86. The lowest BCUT2D eigenvalue weighted by atomic mass is 9.79. The lowest BCUT2D eigenvalue weighted by molar-refractivity contribution is -0.438. The van der Waals surface area contributed by atoms with E-state index < -0.39 is 31.6 Å². The van der Waals surface area contributed by atoms with Crippen molar-refractivity contribution in [2.45, 2.75) is 102 Å². The molecule has 0 unspecified atom stereocenters. The molecule has 0 saturated carbocycles. The van der Waals surface area contributed by atoms with Crippen LogP contribution in [0.1, 0.15) is 113 Å². The van der Waals surface area contributed by atoms with Crippen LogP contribution in [-0.2, 0) is 31.1 Å². The van der Waals surface area contributed by atoms with E-state index in [1.54, 1.807) is 18.2 Å². The van der Waals surface area contributed by atoms with Gasteiger partial charge in [0.15, 0.2) is 5.71 Å². The predicted octanol–water partition coefficient (Wildman–Crippen LogP) is 9.67. The molecular weight excluding hydrogens is 773 g/mol. The summed E-state index contributed by atoms with van der Waals surface area (Å²) in [6.45, 7) is 12.1. The number of aromatic carboxylic acids is 1. The Morgan fingerprint density at radius 2 is 1.55 bits per heavy atom. The molecule has 3 N–H and O–H groups in total. The van der Waals surface area contributed by atoms with Crippen molar-refractivity contribution >= 4 is 48.9 Å². The summed E-state index contributed by atoms with van der Waals surface area (Å²) in [5.41, 5.74) is 9.51. The van der Waals surface area contributed by atoms with Crippen LogP contribution >= 0.6 is 0 Å². The number of carbonyl (C=O) groups is 1. The third kappa shape index (κ3) is 9.00. The smallest absolute Gasteiger partial charge is 0.335 e. The van der Waals surface area contributed by atoms with Crippen LogP contribution in [0.5, 0.6) is 0 Å². The van der Waals surface area contributed by atoms with Crippen molar-refractivity contribution in [2.24, 2.45) is 0 Å². The summed E-state index contributed by atoms with van der Waals surface area (Å²) in [4.78, 5) is 13.7. The second-order valence-corrected chi connectivity index (χ2v) is 19.5. The fourth-order valence-corrected chi connectivity index (χ4v) is 9.86. The highest BCUT2D eigenvalue weighted by atomic mass is 32.2. The molecule has 3 aromatic rings. The molecule has 0 saturated heterocycles. The summed E-state index contributed by atoms with van der Waals surface area (Å²) in [5.74, 6) is -1.37. The van der Waals surface area contributed by atoms with E-state index >= 15 is 0 Å². The average Bonchev–Trinajstić information content (AvgIpc) is 3.51. The maximum absolute atomic E-state index is 12.2. The van der Waals surface area contributed by atoms with E-state index in [4.69, 9.17) is 0 Å². The largest absolute Gasteiger partial charge is 0.478 e. The molecule has 0 amide bonds. The second-order valence-electron chi connectivity index (χ2n) is 16.5. The first-order chi connectivity index (χ1) is 27.3. The van der Waals surface area contributed by atoms with E-state index in [1.807, 2.05) is 32.1 Å². The van der Waals surface area contributed by atoms with Gasteiger partial charge in [-0.2, -0.15) is 21.4 Å². The highest BCUT2D eigenvalue weighted by Gasteiger charge is 2.44. The predicted molar refractivity (Wildman–Crippen MR) is 231 cm³/mol. The topological polar surface area (TPSA) is 152 Å². The fourth-order valence-electron chi connectivity index (χ4n) is 8.78. The Labute approximate surface area is 343 Å². The first-order valence-electron chi connectivity index (χ1n) is 20.1. The number of benzene rings is 3. The first-order valence-corrected chi connectivity index (χ1v) is 23.2. The number of para-hydroxylation sites is 1. The number of rotatable bonds is 15. The molecule has 3 aromatic carbocycles. The molecule has 0 aromatic heterocycles. The Balaban J connectivity index is 1.48. The molecule has 2 heterocycles. The lowest BCUT2D eigenvalue weighted by Crippen LogP contribution is -2.28. The van der Waals surface area contributed by atoms with Gasteiger partial charge >= 0.3 is 5.97 Å². The quantitative estimate of drug-likeness (QED) is 0.0773. The molecule has 1 aliphatic carbocycles. The zero-order valence-corrected chi connectivity index (χ0v) is 35.7. The summed E-state index contributed by atoms with van der Waals surface area (Å²) in [6, 6.07) is 20.2. The van der Waals surface area contributed by atoms with Gasteiger partial charge in [0.2, 0.25) is 5.69 Å². The number of hydrogen-bond acceptors (Lipinski definition) is 6. The van der Waals surface area contributed by atoms with Gasteiger partial charge in [-0.15, -0.1) is 0 Å². The van der Waals surface area contributed by atoms with Crippen molar-refractivity contribution < 1.29 is 40.4 Å². The Morgan fingerprint density at radius 1 is 0.828 bits per heavy atom. The standard InChI is InChI=1S/C46H54N2O8S2/c1-6-7-10-28-47-39-17-9-8-16-37(39)45(2,3)41(47)26-22-32-14-13-15-33(43(32)34-18-20-35(21-19-34)44(49)50)23-27-42-46(4,5)38-31-36(58(54,55)56)24-25-40(38)48(42)29-11-12-30-57(51,52)53/h8-9,16-27,31H,6-7,10-15,28-30H2,1-5H3,(H2-,49,50,51,52,53,54,55,56)/p+1. The van der Waals surface area contributed by atoms with Crippen LogP contribution in [0, 0.1) is 0 Å². The number of fused-ring (bicyclic) bond motifs is 2. The van der Waals surface area contributed by atoms with Gasteiger partial charge < -0.3 is 10.0 Å². The number of allylic oxidation sites excluding steroid dienone is 8. The minimum Gasteiger partial charge on any atom is -0.478 e.